The van der Waals surface area contributed by atoms with Crippen LogP contribution >= 0.6 is 12.2 Å². The lowest BCUT2D eigenvalue weighted by Crippen LogP contribution is -2.54. The molecule has 2 aromatic rings. The van der Waals surface area contributed by atoms with Gasteiger partial charge in [-0.2, -0.15) is 0 Å². The number of amides is 2. The zero-order valence-corrected chi connectivity index (χ0v) is 16.5. The molecule has 29 heavy (non-hydrogen) atoms. The van der Waals surface area contributed by atoms with E-state index in [1.165, 1.54) is 17.9 Å². The highest BCUT2D eigenvalue weighted by molar-refractivity contribution is 7.80. The highest BCUT2D eigenvalue weighted by Gasteiger charge is 2.34. The molecule has 1 fully saturated rings. The molecule has 2 N–H and O–H groups in total. The molecule has 1 atom stereocenters. The number of hydrogen-bond donors (Lipinski definition) is 2. The molecular weight excluding hydrogens is 392 g/mol. The van der Waals surface area contributed by atoms with E-state index in [-0.39, 0.29) is 10.7 Å². The number of hydrogen-bond acceptors (Lipinski definition) is 5. The van der Waals surface area contributed by atoms with Gasteiger partial charge in [-0.25, -0.2) is 4.79 Å². The third-order valence-corrected chi connectivity index (χ3v) is 4.53. The van der Waals surface area contributed by atoms with E-state index < -0.39 is 23.9 Å². The molecule has 7 nitrogen and oxygen atoms in total. The number of benzene rings is 2. The Balaban J connectivity index is 1.86. The molecule has 3 rings (SSSR count). The first-order valence-corrected chi connectivity index (χ1v) is 9.15. The zero-order valence-electron chi connectivity index (χ0n) is 15.7. The molecule has 148 valence electrons. The van der Waals surface area contributed by atoms with Crippen molar-refractivity contribution in [3.05, 3.63) is 65.2 Å². The van der Waals surface area contributed by atoms with Crippen LogP contribution in [-0.4, -0.2) is 34.1 Å². The fourth-order valence-electron chi connectivity index (χ4n) is 2.65. The summed E-state index contributed by atoms with van der Waals surface area (Å²) in [6.45, 7) is 3.35. The summed E-state index contributed by atoms with van der Waals surface area (Å²) in [7, 11) is 0. The average molecular weight is 410 g/mol. The van der Waals surface area contributed by atoms with Crippen molar-refractivity contribution in [2.75, 3.05) is 4.90 Å². The minimum Gasteiger partial charge on any atom is -0.479 e. The fraction of sp³-hybridized carbons (Fsp3) is 0.143. The second kappa shape index (κ2) is 8.24. The summed E-state index contributed by atoms with van der Waals surface area (Å²) >= 11 is 5.17. The molecule has 1 aliphatic rings. The summed E-state index contributed by atoms with van der Waals surface area (Å²) in [5, 5.41) is 11.4. The van der Waals surface area contributed by atoms with E-state index in [2.05, 4.69) is 5.32 Å². The molecule has 0 aromatic heterocycles. The topological polar surface area (TPSA) is 95.9 Å². The van der Waals surface area contributed by atoms with Gasteiger partial charge in [-0.05, 0) is 62.0 Å². The van der Waals surface area contributed by atoms with Gasteiger partial charge in [0.1, 0.15) is 11.3 Å². The standard InChI is InChI=1S/C21H18N2O5S/c1-12-3-7-15(8-4-12)23-19(25)17(18(24)22-21(23)29)11-14-5-9-16(10-6-14)28-13(2)20(26)27/h3-11,13H,1-2H3,(H,26,27)(H,22,24,29)/b17-11+. The smallest absolute Gasteiger partial charge is 0.344 e. The highest BCUT2D eigenvalue weighted by atomic mass is 32.1. The van der Waals surface area contributed by atoms with Crippen LogP contribution in [0.2, 0.25) is 0 Å². The van der Waals surface area contributed by atoms with Crippen LogP contribution < -0.4 is 15.0 Å². The predicted octanol–water partition coefficient (Wildman–Crippen LogP) is 2.68. The van der Waals surface area contributed by atoms with Crippen LogP contribution in [0.5, 0.6) is 5.75 Å². The summed E-state index contributed by atoms with van der Waals surface area (Å²) in [5.41, 5.74) is 2.11. The molecule has 2 aromatic carbocycles. The van der Waals surface area contributed by atoms with E-state index in [1.807, 2.05) is 19.1 Å². The molecule has 0 bridgehead atoms. The summed E-state index contributed by atoms with van der Waals surface area (Å²) in [6.07, 6.45) is 0.458. The first-order valence-electron chi connectivity index (χ1n) is 8.74. The van der Waals surface area contributed by atoms with E-state index in [0.717, 1.165) is 5.56 Å². The maximum Gasteiger partial charge on any atom is 0.344 e. The number of carboxylic acid groups (broad SMARTS) is 1. The zero-order chi connectivity index (χ0) is 21.1. The molecule has 1 heterocycles. The van der Waals surface area contributed by atoms with Crippen LogP contribution in [-0.2, 0) is 14.4 Å². The van der Waals surface area contributed by atoms with Crippen molar-refractivity contribution in [1.82, 2.24) is 5.32 Å². The van der Waals surface area contributed by atoms with Gasteiger partial charge < -0.3 is 9.84 Å². The Morgan fingerprint density at radius 1 is 1.14 bits per heavy atom. The lowest BCUT2D eigenvalue weighted by Gasteiger charge is -2.29. The molecule has 0 spiro atoms. The van der Waals surface area contributed by atoms with Gasteiger partial charge in [-0.3, -0.25) is 19.8 Å². The first kappa shape index (κ1) is 20.2. The fourth-order valence-corrected chi connectivity index (χ4v) is 2.93. The molecule has 1 aliphatic heterocycles. The van der Waals surface area contributed by atoms with E-state index in [1.54, 1.807) is 36.4 Å². The van der Waals surface area contributed by atoms with Gasteiger partial charge in [-0.15, -0.1) is 0 Å². The lowest BCUT2D eigenvalue weighted by molar-refractivity contribution is -0.144. The van der Waals surface area contributed by atoms with Crippen LogP contribution in [0.1, 0.15) is 18.1 Å². The lowest BCUT2D eigenvalue weighted by atomic mass is 10.1. The maximum absolute atomic E-state index is 12.9. The van der Waals surface area contributed by atoms with Gasteiger partial charge >= 0.3 is 5.97 Å². The van der Waals surface area contributed by atoms with Gasteiger partial charge in [0.25, 0.3) is 11.8 Å². The van der Waals surface area contributed by atoms with Gasteiger partial charge in [0.2, 0.25) is 0 Å². The SMILES string of the molecule is Cc1ccc(N2C(=O)/C(=C/c3ccc(OC(C)C(=O)O)cc3)C(=O)NC2=S)cc1. The Bertz CT molecular complexity index is 1010. The summed E-state index contributed by atoms with van der Waals surface area (Å²) in [6, 6.07) is 13.6. The van der Waals surface area contributed by atoms with Crippen molar-refractivity contribution >= 4 is 46.9 Å². The Labute approximate surface area is 172 Å². The Hall–Kier alpha value is -3.52. The molecule has 1 unspecified atom stereocenters. The molecule has 2 amide bonds. The molecule has 1 saturated heterocycles. The number of aryl methyl sites for hydroxylation is 1. The van der Waals surface area contributed by atoms with Crippen molar-refractivity contribution in [3.63, 3.8) is 0 Å². The molecule has 0 radical (unpaired) electrons. The van der Waals surface area contributed by atoms with E-state index in [4.69, 9.17) is 22.1 Å². The normalized spacial score (nSPS) is 16.6. The number of carboxylic acids is 1. The largest absolute Gasteiger partial charge is 0.479 e. The number of anilines is 1. The molecule has 0 aliphatic carbocycles. The van der Waals surface area contributed by atoms with Crippen LogP contribution in [0.3, 0.4) is 0 Å². The number of carbonyl (C=O) groups excluding carboxylic acids is 2. The van der Waals surface area contributed by atoms with Crippen LogP contribution in [0, 0.1) is 6.92 Å². The molecule has 8 heteroatoms. The number of carbonyl (C=O) groups is 3. The van der Waals surface area contributed by atoms with E-state index >= 15 is 0 Å². The first-order chi connectivity index (χ1) is 13.8. The number of rotatable bonds is 5. The van der Waals surface area contributed by atoms with Crippen molar-refractivity contribution in [2.45, 2.75) is 20.0 Å². The Morgan fingerprint density at radius 3 is 2.34 bits per heavy atom. The van der Waals surface area contributed by atoms with Crippen molar-refractivity contribution in [1.29, 1.82) is 0 Å². The summed E-state index contributed by atoms with van der Waals surface area (Å²) < 4.78 is 5.27. The second-order valence-electron chi connectivity index (χ2n) is 6.46. The average Bonchev–Trinajstić information content (AvgIpc) is 2.67. The number of thiocarbonyl (C=S) groups is 1. The monoisotopic (exact) mass is 410 g/mol. The van der Waals surface area contributed by atoms with Crippen LogP contribution in [0.25, 0.3) is 6.08 Å². The van der Waals surface area contributed by atoms with Gasteiger partial charge in [0.15, 0.2) is 11.2 Å². The Morgan fingerprint density at radius 2 is 1.76 bits per heavy atom. The van der Waals surface area contributed by atoms with Crippen LogP contribution in [0.15, 0.2) is 54.1 Å². The predicted molar refractivity (Wildman–Crippen MR) is 112 cm³/mol. The summed E-state index contributed by atoms with van der Waals surface area (Å²) in [5.74, 6) is -1.82. The number of aliphatic carboxylic acids is 1. The van der Waals surface area contributed by atoms with Gasteiger partial charge in [0.05, 0.1) is 5.69 Å². The van der Waals surface area contributed by atoms with Crippen molar-refractivity contribution in [2.24, 2.45) is 0 Å². The van der Waals surface area contributed by atoms with Gasteiger partial charge in [-0.1, -0.05) is 29.8 Å². The Kier molecular flexibility index (Phi) is 5.74. The third kappa shape index (κ3) is 4.49. The van der Waals surface area contributed by atoms with E-state index in [9.17, 15) is 14.4 Å². The van der Waals surface area contributed by atoms with Crippen molar-refractivity contribution < 1.29 is 24.2 Å². The summed E-state index contributed by atoms with van der Waals surface area (Å²) in [4.78, 5) is 37.4. The van der Waals surface area contributed by atoms with E-state index in [0.29, 0.717) is 17.0 Å². The molecule has 0 saturated carbocycles. The van der Waals surface area contributed by atoms with Crippen molar-refractivity contribution in [3.8, 4) is 5.75 Å². The number of nitrogens with zero attached hydrogens (tertiary/aromatic N) is 1. The minimum atomic E-state index is -1.08. The second-order valence-corrected chi connectivity index (χ2v) is 6.85. The number of nitrogens with one attached hydrogen (secondary N) is 1. The quantitative estimate of drug-likeness (QED) is 0.447. The molecular formula is C21H18N2O5S. The van der Waals surface area contributed by atoms with Crippen LogP contribution in [0.4, 0.5) is 5.69 Å². The number of ether oxygens (including phenoxy) is 1. The van der Waals surface area contributed by atoms with Gasteiger partial charge in [0, 0.05) is 0 Å². The maximum atomic E-state index is 12.9. The highest BCUT2D eigenvalue weighted by Crippen LogP contribution is 2.23. The minimum absolute atomic E-state index is 0.0207. The third-order valence-electron chi connectivity index (χ3n) is 4.25.